The van der Waals surface area contributed by atoms with Crippen LogP contribution in [0, 0.1) is 5.92 Å². The van der Waals surface area contributed by atoms with Gasteiger partial charge in [-0.25, -0.2) is 0 Å². The third-order valence-electron chi connectivity index (χ3n) is 5.20. The lowest BCUT2D eigenvalue weighted by atomic mass is 9.96. The van der Waals surface area contributed by atoms with E-state index in [1.165, 1.54) is 6.42 Å². The molecule has 5 nitrogen and oxygen atoms in total. The summed E-state index contributed by atoms with van der Waals surface area (Å²) >= 11 is 0. The van der Waals surface area contributed by atoms with E-state index >= 15 is 0 Å². The smallest absolute Gasteiger partial charge is 0.246 e. The van der Waals surface area contributed by atoms with Crippen molar-refractivity contribution in [2.75, 3.05) is 19.6 Å². The van der Waals surface area contributed by atoms with Gasteiger partial charge in [0, 0.05) is 19.1 Å². The summed E-state index contributed by atoms with van der Waals surface area (Å²) in [6.07, 6.45) is 5.33. The number of carbonyl (C=O) groups excluding carboxylic acids is 2. The fourth-order valence-electron chi connectivity index (χ4n) is 3.80. The topological polar surface area (TPSA) is 52.6 Å². The summed E-state index contributed by atoms with van der Waals surface area (Å²) in [6, 6.07) is -0.314. The van der Waals surface area contributed by atoms with E-state index in [0.29, 0.717) is 5.92 Å². The van der Waals surface area contributed by atoms with Crippen LogP contribution in [0.5, 0.6) is 0 Å². The molecular weight excluding hydrogens is 266 g/mol. The zero-order valence-electron chi connectivity index (χ0n) is 13.2. The van der Waals surface area contributed by atoms with Crippen molar-refractivity contribution in [1.29, 1.82) is 0 Å². The lowest BCUT2D eigenvalue weighted by Gasteiger charge is -2.45. The Bertz CT molecular complexity index is 414. The van der Waals surface area contributed by atoms with Crippen LogP contribution in [0.1, 0.15) is 46.0 Å². The van der Waals surface area contributed by atoms with E-state index in [9.17, 15) is 9.59 Å². The largest absolute Gasteiger partial charge is 0.342 e. The van der Waals surface area contributed by atoms with Gasteiger partial charge in [0.1, 0.15) is 12.1 Å². The molecule has 1 N–H and O–H groups in total. The second kappa shape index (κ2) is 5.95. The predicted octanol–water partition coefficient (Wildman–Crippen LogP) is 0.986. The van der Waals surface area contributed by atoms with Crippen LogP contribution in [0.4, 0.5) is 0 Å². The number of hydrogen-bond acceptors (Lipinski definition) is 3. The minimum Gasteiger partial charge on any atom is -0.342 e. The van der Waals surface area contributed by atoms with Crippen LogP contribution >= 0.6 is 0 Å². The molecule has 3 fully saturated rings. The van der Waals surface area contributed by atoms with E-state index in [1.807, 2.05) is 11.8 Å². The van der Waals surface area contributed by atoms with Crippen molar-refractivity contribution >= 4 is 11.8 Å². The Morgan fingerprint density at radius 2 is 1.81 bits per heavy atom. The third kappa shape index (κ3) is 2.93. The molecule has 2 aliphatic heterocycles. The Kier molecular flexibility index (Phi) is 4.20. The molecule has 118 valence electrons. The molecular formula is C16H27N3O2. The van der Waals surface area contributed by atoms with Crippen molar-refractivity contribution in [2.45, 2.75) is 64.1 Å². The number of carbonyl (C=O) groups is 2. The number of piperidine rings is 1. The molecule has 0 aromatic rings. The Hall–Kier alpha value is -1.10. The molecule has 0 spiro atoms. The van der Waals surface area contributed by atoms with Gasteiger partial charge in [0.2, 0.25) is 11.8 Å². The van der Waals surface area contributed by atoms with Crippen molar-refractivity contribution < 1.29 is 9.59 Å². The van der Waals surface area contributed by atoms with Gasteiger partial charge in [0.25, 0.3) is 0 Å². The zero-order chi connectivity index (χ0) is 15.0. The Morgan fingerprint density at radius 3 is 2.38 bits per heavy atom. The first-order chi connectivity index (χ1) is 10.1. The minimum atomic E-state index is -0.310. The molecule has 0 bridgehead atoms. The van der Waals surface area contributed by atoms with Gasteiger partial charge in [0.15, 0.2) is 0 Å². The fraction of sp³-hybridized carbons (Fsp3) is 0.875. The van der Waals surface area contributed by atoms with Crippen molar-refractivity contribution in [3.63, 3.8) is 0 Å². The summed E-state index contributed by atoms with van der Waals surface area (Å²) in [7, 11) is 0. The van der Waals surface area contributed by atoms with Gasteiger partial charge in [-0.1, -0.05) is 6.92 Å². The van der Waals surface area contributed by atoms with Crippen LogP contribution in [-0.4, -0.2) is 59.4 Å². The number of nitrogens with one attached hydrogen (secondary N) is 1. The molecule has 2 amide bonds. The third-order valence-corrected chi connectivity index (χ3v) is 5.20. The maximum absolute atomic E-state index is 12.8. The fourth-order valence-corrected chi connectivity index (χ4v) is 3.80. The summed E-state index contributed by atoms with van der Waals surface area (Å²) in [5, 5.41) is 2.94. The summed E-state index contributed by atoms with van der Waals surface area (Å²) in [4.78, 5) is 29.3. The maximum atomic E-state index is 12.8. The molecule has 1 saturated carbocycles. The van der Waals surface area contributed by atoms with Crippen LogP contribution in [0.25, 0.3) is 0 Å². The van der Waals surface area contributed by atoms with E-state index in [0.717, 1.165) is 45.3 Å². The average molecular weight is 293 g/mol. The highest BCUT2D eigenvalue weighted by Crippen LogP contribution is 2.36. The highest BCUT2D eigenvalue weighted by Gasteiger charge is 2.47. The number of hydrogen-bond donors (Lipinski definition) is 1. The molecule has 3 rings (SSSR count). The average Bonchev–Trinajstić information content (AvgIpc) is 3.30. The predicted molar refractivity (Wildman–Crippen MR) is 80.7 cm³/mol. The first kappa shape index (κ1) is 14.8. The number of likely N-dealkylation sites (tertiary alicyclic amines) is 1. The highest BCUT2D eigenvalue weighted by atomic mass is 16.2. The summed E-state index contributed by atoms with van der Waals surface area (Å²) in [5.41, 5.74) is 0. The van der Waals surface area contributed by atoms with Crippen LogP contribution < -0.4 is 5.32 Å². The Balaban J connectivity index is 1.67. The number of piperazine rings is 1. The lowest BCUT2D eigenvalue weighted by Crippen LogP contribution is -2.66. The van der Waals surface area contributed by atoms with Gasteiger partial charge in [-0.2, -0.15) is 0 Å². The van der Waals surface area contributed by atoms with Crippen molar-refractivity contribution in [3.05, 3.63) is 0 Å². The quantitative estimate of drug-likeness (QED) is 0.841. The van der Waals surface area contributed by atoms with E-state index < -0.39 is 0 Å². The number of amides is 2. The molecule has 2 heterocycles. The summed E-state index contributed by atoms with van der Waals surface area (Å²) in [6.45, 7) is 7.30. The van der Waals surface area contributed by atoms with E-state index in [1.54, 1.807) is 0 Å². The van der Waals surface area contributed by atoms with Gasteiger partial charge in [0.05, 0.1) is 0 Å². The molecule has 0 aromatic heterocycles. The van der Waals surface area contributed by atoms with E-state index in [4.69, 9.17) is 0 Å². The molecule has 2 unspecified atom stereocenters. The number of rotatable bonds is 4. The monoisotopic (exact) mass is 293 g/mol. The lowest BCUT2D eigenvalue weighted by molar-refractivity contribution is -0.153. The summed E-state index contributed by atoms with van der Waals surface area (Å²) in [5.74, 6) is 0.581. The van der Waals surface area contributed by atoms with Crippen molar-refractivity contribution in [2.24, 2.45) is 5.92 Å². The molecule has 2 saturated heterocycles. The van der Waals surface area contributed by atoms with Gasteiger partial charge in [-0.15, -0.1) is 0 Å². The zero-order valence-corrected chi connectivity index (χ0v) is 13.2. The number of nitrogens with zero attached hydrogens (tertiary/aromatic N) is 2. The van der Waals surface area contributed by atoms with Gasteiger partial charge in [-0.05, 0) is 51.5 Å². The second-order valence-electron chi connectivity index (χ2n) is 6.82. The molecule has 0 radical (unpaired) electrons. The van der Waals surface area contributed by atoms with Crippen molar-refractivity contribution in [1.82, 2.24) is 15.1 Å². The van der Waals surface area contributed by atoms with Crippen LogP contribution in [0.2, 0.25) is 0 Å². The Labute approximate surface area is 127 Å². The molecule has 0 aromatic carbocycles. The van der Waals surface area contributed by atoms with Crippen molar-refractivity contribution in [3.8, 4) is 0 Å². The van der Waals surface area contributed by atoms with Gasteiger partial charge < -0.3 is 15.1 Å². The van der Waals surface area contributed by atoms with E-state index in [2.05, 4.69) is 17.1 Å². The standard InChI is InChI=1S/C16H27N3O2/c1-3-8-18-9-6-13(7-10-18)19-11(2)15(20)17-14(16(19)21)12-4-5-12/h11-14H,3-10H2,1-2H3,(H,17,20). The second-order valence-corrected chi connectivity index (χ2v) is 6.82. The molecule has 5 heteroatoms. The van der Waals surface area contributed by atoms with Gasteiger partial charge in [-0.3, -0.25) is 9.59 Å². The van der Waals surface area contributed by atoms with Crippen LogP contribution in [0.3, 0.4) is 0 Å². The summed E-state index contributed by atoms with van der Waals surface area (Å²) < 4.78 is 0. The Morgan fingerprint density at radius 1 is 1.14 bits per heavy atom. The molecule has 2 atom stereocenters. The molecule has 21 heavy (non-hydrogen) atoms. The van der Waals surface area contributed by atoms with E-state index in [-0.39, 0.29) is 29.9 Å². The normalized spacial score (nSPS) is 32.4. The SMILES string of the molecule is CCCN1CCC(N2C(=O)C(C3CC3)NC(=O)C2C)CC1. The van der Waals surface area contributed by atoms with Crippen LogP contribution in [-0.2, 0) is 9.59 Å². The first-order valence-corrected chi connectivity index (χ1v) is 8.46. The molecule has 1 aliphatic carbocycles. The highest BCUT2D eigenvalue weighted by molar-refractivity contribution is 5.97. The maximum Gasteiger partial charge on any atom is 0.246 e. The van der Waals surface area contributed by atoms with Gasteiger partial charge >= 0.3 is 0 Å². The minimum absolute atomic E-state index is 0.0301. The van der Waals surface area contributed by atoms with Crippen LogP contribution in [0.15, 0.2) is 0 Å². The first-order valence-electron chi connectivity index (χ1n) is 8.46. The molecule has 3 aliphatic rings.